The van der Waals surface area contributed by atoms with Crippen molar-refractivity contribution < 1.29 is 12.6 Å². The Labute approximate surface area is 117 Å². The molecule has 0 aliphatic rings. The van der Waals surface area contributed by atoms with Crippen LogP contribution in [-0.2, 0) is 33.1 Å². The first kappa shape index (κ1) is 16.3. The van der Waals surface area contributed by atoms with Crippen molar-refractivity contribution in [3.63, 3.8) is 0 Å². The second-order valence-electron chi connectivity index (χ2n) is 4.06. The molecule has 0 saturated heterocycles. The summed E-state index contributed by atoms with van der Waals surface area (Å²) in [6.07, 6.45) is 0. The molecule has 0 heterocycles. The Balaban J connectivity index is 2.61. The zero-order chi connectivity index (χ0) is 14.3. The Morgan fingerprint density at radius 3 is 2.47 bits per heavy atom. The number of hydrogen-bond acceptors (Lipinski definition) is 4. The van der Waals surface area contributed by atoms with Crippen LogP contribution in [0, 0.1) is 0 Å². The lowest BCUT2D eigenvalue weighted by Crippen LogP contribution is -2.29. The molecule has 1 unspecified atom stereocenters. The van der Waals surface area contributed by atoms with E-state index in [1.54, 1.807) is 12.1 Å². The van der Waals surface area contributed by atoms with Gasteiger partial charge in [-0.3, -0.25) is 4.21 Å². The molecule has 0 fully saturated rings. The van der Waals surface area contributed by atoms with Gasteiger partial charge in [0.2, 0.25) is 10.0 Å². The highest BCUT2D eigenvalue weighted by molar-refractivity contribution is 7.88. The van der Waals surface area contributed by atoms with Gasteiger partial charge in [-0.15, -0.1) is 0 Å². The molecule has 1 atom stereocenters. The first-order valence-corrected chi connectivity index (χ1v) is 9.21. The molecule has 1 aromatic rings. The minimum atomic E-state index is -3.41. The Kier molecular flexibility index (Phi) is 6.64. The standard InChI is InChI=1S/C12H20N2O3S2/c1-2-18(15)8-7-14-19(16,17)10-12-6-4-3-5-11(12)9-13/h3-6,14H,2,7-10,13H2,1H3. The van der Waals surface area contributed by atoms with E-state index < -0.39 is 20.8 Å². The van der Waals surface area contributed by atoms with Gasteiger partial charge in [-0.05, 0) is 11.1 Å². The summed E-state index contributed by atoms with van der Waals surface area (Å²) in [7, 11) is -4.37. The third-order valence-electron chi connectivity index (χ3n) is 2.66. The first-order chi connectivity index (χ1) is 8.98. The summed E-state index contributed by atoms with van der Waals surface area (Å²) >= 11 is 0. The van der Waals surface area contributed by atoms with Crippen molar-refractivity contribution in [3.8, 4) is 0 Å². The van der Waals surface area contributed by atoms with E-state index >= 15 is 0 Å². The molecule has 0 aromatic heterocycles. The largest absolute Gasteiger partial charge is 0.326 e. The number of nitrogens with two attached hydrogens (primary N) is 1. The molecule has 1 rings (SSSR count). The van der Waals surface area contributed by atoms with Crippen LogP contribution in [0.2, 0.25) is 0 Å². The first-order valence-electron chi connectivity index (χ1n) is 6.07. The van der Waals surface area contributed by atoms with Crippen LogP contribution in [0.4, 0.5) is 0 Å². The molecule has 0 amide bonds. The van der Waals surface area contributed by atoms with E-state index in [1.165, 1.54) is 0 Å². The van der Waals surface area contributed by atoms with Gasteiger partial charge in [0.05, 0.1) is 5.75 Å². The van der Waals surface area contributed by atoms with Crippen LogP contribution >= 0.6 is 0 Å². The van der Waals surface area contributed by atoms with E-state index in [-0.39, 0.29) is 12.3 Å². The molecule has 19 heavy (non-hydrogen) atoms. The summed E-state index contributed by atoms with van der Waals surface area (Å²) in [5.41, 5.74) is 7.10. The molecular weight excluding hydrogens is 284 g/mol. The van der Waals surface area contributed by atoms with E-state index in [1.807, 2.05) is 19.1 Å². The van der Waals surface area contributed by atoms with E-state index in [0.29, 0.717) is 23.6 Å². The van der Waals surface area contributed by atoms with Gasteiger partial charge in [-0.2, -0.15) is 0 Å². The van der Waals surface area contributed by atoms with Gasteiger partial charge in [0.15, 0.2) is 0 Å². The zero-order valence-corrected chi connectivity index (χ0v) is 12.6. The summed E-state index contributed by atoms with van der Waals surface area (Å²) in [4.78, 5) is 0. The van der Waals surface area contributed by atoms with Crippen molar-refractivity contribution in [2.75, 3.05) is 18.1 Å². The summed E-state index contributed by atoms with van der Waals surface area (Å²) in [5.74, 6) is 0.783. The maximum atomic E-state index is 11.9. The van der Waals surface area contributed by atoms with Crippen LogP contribution in [0.1, 0.15) is 18.1 Å². The fraction of sp³-hybridized carbons (Fsp3) is 0.500. The van der Waals surface area contributed by atoms with Crippen molar-refractivity contribution in [1.82, 2.24) is 4.72 Å². The Morgan fingerprint density at radius 1 is 1.26 bits per heavy atom. The van der Waals surface area contributed by atoms with Crippen molar-refractivity contribution in [3.05, 3.63) is 35.4 Å². The molecule has 0 bridgehead atoms. The van der Waals surface area contributed by atoms with E-state index in [2.05, 4.69) is 4.72 Å². The molecule has 0 spiro atoms. The average Bonchev–Trinajstić information content (AvgIpc) is 2.38. The number of sulfonamides is 1. The maximum absolute atomic E-state index is 11.9. The lowest BCUT2D eigenvalue weighted by atomic mass is 10.1. The van der Waals surface area contributed by atoms with Gasteiger partial charge in [0.1, 0.15) is 0 Å². The summed E-state index contributed by atoms with van der Waals surface area (Å²) in [6, 6.07) is 7.19. The third kappa shape index (κ3) is 5.82. The topological polar surface area (TPSA) is 89.3 Å². The predicted molar refractivity (Wildman–Crippen MR) is 78.5 cm³/mol. The van der Waals surface area contributed by atoms with Crippen LogP contribution in [0.15, 0.2) is 24.3 Å². The summed E-state index contributed by atoms with van der Waals surface area (Å²) in [6.45, 7) is 2.32. The van der Waals surface area contributed by atoms with Gasteiger partial charge >= 0.3 is 0 Å². The van der Waals surface area contributed by atoms with Gasteiger partial charge in [-0.1, -0.05) is 31.2 Å². The van der Waals surface area contributed by atoms with Crippen LogP contribution in [0.5, 0.6) is 0 Å². The van der Waals surface area contributed by atoms with Gasteiger partial charge in [0, 0.05) is 35.4 Å². The Morgan fingerprint density at radius 2 is 1.89 bits per heavy atom. The fourth-order valence-corrected chi connectivity index (χ4v) is 3.56. The minimum absolute atomic E-state index is 0.0981. The van der Waals surface area contributed by atoms with Gasteiger partial charge in [0.25, 0.3) is 0 Å². The minimum Gasteiger partial charge on any atom is -0.326 e. The normalized spacial score (nSPS) is 13.4. The fourth-order valence-electron chi connectivity index (χ4n) is 1.61. The van der Waals surface area contributed by atoms with Crippen molar-refractivity contribution >= 4 is 20.8 Å². The highest BCUT2D eigenvalue weighted by Gasteiger charge is 2.13. The Hall–Kier alpha value is -0.760. The van der Waals surface area contributed by atoms with Gasteiger partial charge in [-0.25, -0.2) is 13.1 Å². The number of hydrogen-bond donors (Lipinski definition) is 2. The van der Waals surface area contributed by atoms with E-state index in [4.69, 9.17) is 5.73 Å². The van der Waals surface area contributed by atoms with E-state index in [9.17, 15) is 12.6 Å². The van der Waals surface area contributed by atoms with E-state index in [0.717, 1.165) is 5.56 Å². The summed E-state index contributed by atoms with van der Waals surface area (Å²) < 4.78 is 37.5. The van der Waals surface area contributed by atoms with Crippen molar-refractivity contribution in [2.24, 2.45) is 5.73 Å². The average molecular weight is 304 g/mol. The quantitative estimate of drug-likeness (QED) is 0.724. The molecule has 3 N–H and O–H groups in total. The zero-order valence-electron chi connectivity index (χ0n) is 11.0. The number of benzene rings is 1. The van der Waals surface area contributed by atoms with Crippen LogP contribution in [-0.4, -0.2) is 30.7 Å². The Bertz CT molecular complexity index is 530. The van der Waals surface area contributed by atoms with Crippen molar-refractivity contribution in [2.45, 2.75) is 19.2 Å². The van der Waals surface area contributed by atoms with Crippen LogP contribution in [0.25, 0.3) is 0 Å². The molecule has 0 aliphatic carbocycles. The van der Waals surface area contributed by atoms with Crippen molar-refractivity contribution in [1.29, 1.82) is 0 Å². The molecule has 0 radical (unpaired) electrons. The maximum Gasteiger partial charge on any atom is 0.215 e. The lowest BCUT2D eigenvalue weighted by molar-refractivity contribution is 0.583. The molecule has 5 nitrogen and oxygen atoms in total. The third-order valence-corrected chi connectivity index (χ3v) is 5.30. The molecule has 1 aromatic carbocycles. The number of rotatable bonds is 8. The smallest absolute Gasteiger partial charge is 0.215 e. The molecule has 0 aliphatic heterocycles. The van der Waals surface area contributed by atoms with Gasteiger partial charge < -0.3 is 5.73 Å². The molecule has 7 heteroatoms. The highest BCUT2D eigenvalue weighted by atomic mass is 32.2. The lowest BCUT2D eigenvalue weighted by Gasteiger charge is -2.09. The molecule has 0 saturated carbocycles. The van der Waals surface area contributed by atoms with Crippen LogP contribution in [0.3, 0.4) is 0 Å². The van der Waals surface area contributed by atoms with Crippen LogP contribution < -0.4 is 10.5 Å². The monoisotopic (exact) mass is 304 g/mol. The second kappa shape index (κ2) is 7.74. The molecule has 108 valence electrons. The second-order valence-corrected chi connectivity index (χ2v) is 7.73. The summed E-state index contributed by atoms with van der Waals surface area (Å²) in [5, 5.41) is 0. The molecular formula is C12H20N2O3S2. The predicted octanol–water partition coefficient (Wildman–Crippen LogP) is 0.333. The SMILES string of the molecule is CCS(=O)CCNS(=O)(=O)Cc1ccccc1CN. The highest BCUT2D eigenvalue weighted by Crippen LogP contribution is 2.11. The number of nitrogens with one attached hydrogen (secondary N) is 1.